The number of nitrogens with one attached hydrogen (secondary N) is 3. The van der Waals surface area contributed by atoms with Crippen LogP contribution in [-0.4, -0.2) is 41.4 Å². The molecule has 1 fully saturated rings. The summed E-state index contributed by atoms with van der Waals surface area (Å²) in [5.41, 5.74) is 0.816. The van der Waals surface area contributed by atoms with Crippen LogP contribution in [0.25, 0.3) is 0 Å². The molecule has 1 aliphatic heterocycles. The number of hydrogen-bond donors (Lipinski definition) is 4. The monoisotopic (exact) mass is 333 g/mol. The van der Waals surface area contributed by atoms with Gasteiger partial charge >= 0.3 is 6.09 Å². The van der Waals surface area contributed by atoms with Gasteiger partial charge in [0.2, 0.25) is 11.7 Å². The Morgan fingerprint density at radius 2 is 1.96 bits per heavy atom. The van der Waals surface area contributed by atoms with Gasteiger partial charge in [-0.1, -0.05) is 30.3 Å². The van der Waals surface area contributed by atoms with Crippen molar-refractivity contribution in [2.24, 2.45) is 5.92 Å². The van der Waals surface area contributed by atoms with Gasteiger partial charge in [0.1, 0.15) is 6.04 Å². The van der Waals surface area contributed by atoms with Crippen LogP contribution in [0.15, 0.2) is 30.3 Å². The quantitative estimate of drug-likeness (QED) is 0.524. The number of carbonyl (C=O) groups excluding carboxylic acids is 3. The molecular formula is C16H19N3O5. The molecule has 1 aromatic rings. The van der Waals surface area contributed by atoms with E-state index >= 15 is 0 Å². The summed E-state index contributed by atoms with van der Waals surface area (Å²) in [7, 11) is 0. The Morgan fingerprint density at radius 1 is 1.25 bits per heavy atom. The Kier molecular flexibility index (Phi) is 5.89. The molecule has 4 N–H and O–H groups in total. The van der Waals surface area contributed by atoms with Crippen molar-refractivity contribution in [3.8, 4) is 0 Å². The Bertz CT molecular complexity index is 632. The summed E-state index contributed by atoms with van der Waals surface area (Å²) in [6.45, 7) is 0.646. The van der Waals surface area contributed by atoms with E-state index in [1.807, 2.05) is 11.4 Å². The van der Waals surface area contributed by atoms with Crippen LogP contribution in [0, 0.1) is 5.92 Å². The van der Waals surface area contributed by atoms with Crippen LogP contribution in [0.2, 0.25) is 0 Å². The van der Waals surface area contributed by atoms with Crippen molar-refractivity contribution in [2.75, 3.05) is 6.54 Å². The van der Waals surface area contributed by atoms with E-state index in [2.05, 4.69) is 10.6 Å². The molecule has 8 heteroatoms. The van der Waals surface area contributed by atoms with Crippen LogP contribution >= 0.6 is 0 Å². The van der Waals surface area contributed by atoms with Gasteiger partial charge in [0.25, 0.3) is 5.91 Å². The first-order valence-corrected chi connectivity index (χ1v) is 7.60. The molecule has 8 nitrogen and oxygen atoms in total. The zero-order chi connectivity index (χ0) is 17.5. The summed E-state index contributed by atoms with van der Waals surface area (Å²) >= 11 is 0. The Labute approximate surface area is 138 Å². The van der Waals surface area contributed by atoms with Gasteiger partial charge in [-0.3, -0.25) is 14.4 Å². The van der Waals surface area contributed by atoms with E-state index in [1.54, 1.807) is 24.3 Å². The van der Waals surface area contributed by atoms with E-state index < -0.39 is 29.7 Å². The van der Waals surface area contributed by atoms with Gasteiger partial charge < -0.3 is 21.1 Å². The zero-order valence-corrected chi connectivity index (χ0v) is 13.0. The molecule has 128 valence electrons. The summed E-state index contributed by atoms with van der Waals surface area (Å²) in [5.74, 6) is -2.48. The van der Waals surface area contributed by atoms with Gasteiger partial charge in [-0.25, -0.2) is 4.79 Å². The van der Waals surface area contributed by atoms with E-state index in [9.17, 15) is 19.2 Å². The third kappa shape index (κ3) is 4.80. The topological polar surface area (TPSA) is 125 Å². The molecule has 3 amide bonds. The van der Waals surface area contributed by atoms with E-state index in [4.69, 9.17) is 5.11 Å². The molecule has 0 aliphatic carbocycles. The highest BCUT2D eigenvalue weighted by Crippen LogP contribution is 2.16. The summed E-state index contributed by atoms with van der Waals surface area (Å²) in [5, 5.41) is 16.0. The minimum atomic E-state index is -1.41. The lowest BCUT2D eigenvalue weighted by Gasteiger charge is -2.18. The van der Waals surface area contributed by atoms with Crippen LogP contribution in [0.3, 0.4) is 0 Å². The summed E-state index contributed by atoms with van der Waals surface area (Å²) in [6.07, 6.45) is -0.937. The molecule has 1 heterocycles. The van der Waals surface area contributed by atoms with E-state index in [1.165, 1.54) is 0 Å². The molecule has 2 atom stereocenters. The molecular weight excluding hydrogens is 314 g/mol. The molecule has 0 radical (unpaired) electrons. The van der Waals surface area contributed by atoms with Crippen LogP contribution in [0.1, 0.15) is 18.4 Å². The van der Waals surface area contributed by atoms with Gasteiger partial charge in [-0.05, 0) is 18.4 Å². The first-order valence-electron chi connectivity index (χ1n) is 7.60. The van der Waals surface area contributed by atoms with Crippen LogP contribution in [0.4, 0.5) is 4.79 Å². The lowest BCUT2D eigenvalue weighted by molar-refractivity contribution is -0.139. The maximum Gasteiger partial charge on any atom is 0.405 e. The van der Waals surface area contributed by atoms with E-state index in [-0.39, 0.29) is 18.9 Å². The molecule has 1 aliphatic rings. The summed E-state index contributed by atoms with van der Waals surface area (Å²) in [6, 6.07) is 7.78. The van der Waals surface area contributed by atoms with Crippen molar-refractivity contribution in [1.82, 2.24) is 16.0 Å². The highest BCUT2D eigenvalue weighted by molar-refractivity contribution is 6.38. The van der Waals surface area contributed by atoms with E-state index in [0.29, 0.717) is 13.0 Å². The van der Waals surface area contributed by atoms with E-state index in [0.717, 1.165) is 5.56 Å². The van der Waals surface area contributed by atoms with Crippen LogP contribution in [0.5, 0.6) is 0 Å². The van der Waals surface area contributed by atoms with Crippen molar-refractivity contribution in [3.63, 3.8) is 0 Å². The van der Waals surface area contributed by atoms with Gasteiger partial charge in [-0.15, -0.1) is 0 Å². The normalized spacial score (nSPS) is 17.7. The maximum absolute atomic E-state index is 12.2. The number of benzene rings is 1. The summed E-state index contributed by atoms with van der Waals surface area (Å²) in [4.78, 5) is 46.7. The highest BCUT2D eigenvalue weighted by Gasteiger charge is 2.33. The van der Waals surface area contributed by atoms with Crippen molar-refractivity contribution < 1.29 is 24.3 Å². The Balaban J connectivity index is 1.96. The zero-order valence-electron chi connectivity index (χ0n) is 13.0. The lowest BCUT2D eigenvalue weighted by Crippen LogP contribution is -2.48. The molecule has 0 bridgehead atoms. The minimum Gasteiger partial charge on any atom is -0.465 e. The van der Waals surface area contributed by atoms with Crippen molar-refractivity contribution in [2.45, 2.75) is 25.4 Å². The second-order valence-corrected chi connectivity index (χ2v) is 5.55. The molecule has 1 saturated heterocycles. The standard InChI is InChI=1S/C16H19N3O5/c20-13(15(22)18-9-10-4-2-1-3-5-10)12(19-16(23)24)8-11-6-7-17-14(11)21/h1-5,11-12,19H,6-9H2,(H,17,21)(H,18,22)(H,23,24)/t11-,12?/m0/s1. The molecule has 1 unspecified atom stereocenters. The first-order chi connectivity index (χ1) is 11.5. The third-order valence-electron chi connectivity index (χ3n) is 3.82. The molecule has 0 saturated carbocycles. The average Bonchev–Trinajstić information content (AvgIpc) is 2.97. The lowest BCUT2D eigenvalue weighted by atomic mass is 9.95. The van der Waals surface area contributed by atoms with Gasteiger partial charge in [0.05, 0.1) is 0 Å². The second-order valence-electron chi connectivity index (χ2n) is 5.55. The van der Waals surface area contributed by atoms with Crippen LogP contribution < -0.4 is 16.0 Å². The SMILES string of the molecule is O=C(O)NC(C[C@@H]1CCNC1=O)C(=O)C(=O)NCc1ccccc1. The number of hydrogen-bond acceptors (Lipinski definition) is 4. The number of carbonyl (C=O) groups is 4. The van der Waals surface area contributed by atoms with Crippen LogP contribution in [-0.2, 0) is 20.9 Å². The Morgan fingerprint density at radius 3 is 2.54 bits per heavy atom. The fourth-order valence-corrected chi connectivity index (χ4v) is 2.56. The number of Topliss-reactive ketones (excluding diaryl/α,β-unsaturated/α-hetero) is 1. The fraction of sp³-hybridized carbons (Fsp3) is 0.375. The molecule has 1 aromatic carbocycles. The largest absolute Gasteiger partial charge is 0.465 e. The van der Waals surface area contributed by atoms with Gasteiger partial charge in [0, 0.05) is 19.0 Å². The number of rotatable bonds is 7. The third-order valence-corrected chi connectivity index (χ3v) is 3.82. The first kappa shape index (κ1) is 17.5. The molecule has 24 heavy (non-hydrogen) atoms. The summed E-state index contributed by atoms with van der Waals surface area (Å²) < 4.78 is 0. The van der Waals surface area contributed by atoms with Gasteiger partial charge in [0.15, 0.2) is 0 Å². The predicted octanol–water partition coefficient (Wildman–Crippen LogP) is 0.0343. The Hall–Kier alpha value is -2.90. The number of amides is 3. The highest BCUT2D eigenvalue weighted by atomic mass is 16.4. The molecule has 0 spiro atoms. The van der Waals surface area contributed by atoms with Crippen molar-refractivity contribution in [1.29, 1.82) is 0 Å². The van der Waals surface area contributed by atoms with Gasteiger partial charge in [-0.2, -0.15) is 0 Å². The smallest absolute Gasteiger partial charge is 0.405 e. The fourth-order valence-electron chi connectivity index (χ4n) is 2.56. The second kappa shape index (κ2) is 8.09. The number of carboxylic acid groups (broad SMARTS) is 1. The minimum absolute atomic E-state index is 0.0320. The molecule has 0 aromatic heterocycles. The maximum atomic E-state index is 12.2. The number of ketones is 1. The van der Waals surface area contributed by atoms with Crippen molar-refractivity contribution in [3.05, 3.63) is 35.9 Å². The predicted molar refractivity (Wildman–Crippen MR) is 84.0 cm³/mol. The van der Waals surface area contributed by atoms with Crippen molar-refractivity contribution >= 4 is 23.7 Å². The molecule has 2 rings (SSSR count). The average molecular weight is 333 g/mol.